The molecule has 0 saturated heterocycles. The van der Waals surface area contributed by atoms with E-state index in [1.54, 1.807) is 25.1 Å². The maximum atomic E-state index is 12.0. The summed E-state index contributed by atoms with van der Waals surface area (Å²) in [7, 11) is 0. The molecule has 0 fully saturated rings. The Morgan fingerprint density at radius 3 is 2.63 bits per heavy atom. The minimum absolute atomic E-state index is 0.0680. The lowest BCUT2D eigenvalue weighted by atomic mass is 9.88. The van der Waals surface area contributed by atoms with Crippen molar-refractivity contribution in [2.75, 3.05) is 6.54 Å². The van der Waals surface area contributed by atoms with E-state index >= 15 is 0 Å². The van der Waals surface area contributed by atoms with Crippen LogP contribution in [0.5, 0.6) is 5.75 Å². The van der Waals surface area contributed by atoms with Gasteiger partial charge in [-0.2, -0.15) is 0 Å². The highest BCUT2D eigenvalue weighted by atomic mass is 16.3. The Labute approximate surface area is 115 Å². The number of hydrogen-bond acceptors (Lipinski definition) is 3. The zero-order valence-electron chi connectivity index (χ0n) is 12.2. The maximum Gasteiger partial charge on any atom is 0.251 e. The normalized spacial score (nSPS) is 13.1. The van der Waals surface area contributed by atoms with Crippen LogP contribution in [0.1, 0.15) is 43.1 Å². The molecule has 1 aromatic rings. The van der Waals surface area contributed by atoms with Gasteiger partial charge in [0.05, 0.1) is 0 Å². The Balaban J connectivity index is 2.59. The van der Waals surface area contributed by atoms with E-state index in [-0.39, 0.29) is 23.1 Å². The van der Waals surface area contributed by atoms with E-state index in [2.05, 4.69) is 26.1 Å². The zero-order chi connectivity index (χ0) is 14.6. The average Bonchev–Trinajstić information content (AvgIpc) is 2.27. The number of nitrogens with two attached hydrogens (primary N) is 1. The van der Waals surface area contributed by atoms with Gasteiger partial charge in [0.2, 0.25) is 0 Å². The van der Waals surface area contributed by atoms with Crippen LogP contribution in [-0.2, 0) is 0 Å². The number of carbonyl (C=O) groups excluding carboxylic acids is 1. The van der Waals surface area contributed by atoms with Crippen molar-refractivity contribution in [1.29, 1.82) is 0 Å². The Hall–Kier alpha value is -1.55. The molecule has 1 amide bonds. The Bertz CT molecular complexity index is 450. The number of nitrogens with one attached hydrogen (secondary N) is 1. The SMILES string of the molecule is Cc1c(O)cccc1C(=O)NCC(N)CC(C)(C)C. The molecule has 0 heterocycles. The fourth-order valence-electron chi connectivity index (χ4n) is 2.05. The van der Waals surface area contributed by atoms with E-state index in [0.29, 0.717) is 17.7 Å². The van der Waals surface area contributed by atoms with Gasteiger partial charge < -0.3 is 16.2 Å². The average molecular weight is 264 g/mol. The van der Waals surface area contributed by atoms with E-state index in [1.807, 2.05) is 0 Å². The minimum atomic E-state index is -0.197. The monoisotopic (exact) mass is 264 g/mol. The van der Waals surface area contributed by atoms with Crippen LogP contribution in [0.15, 0.2) is 18.2 Å². The van der Waals surface area contributed by atoms with Gasteiger partial charge in [-0.15, -0.1) is 0 Å². The van der Waals surface area contributed by atoms with Gasteiger partial charge in [0.1, 0.15) is 5.75 Å². The summed E-state index contributed by atoms with van der Waals surface area (Å²) in [5, 5.41) is 12.4. The van der Waals surface area contributed by atoms with Gasteiger partial charge >= 0.3 is 0 Å². The number of aromatic hydroxyl groups is 1. The standard InChI is InChI=1S/C15H24N2O2/c1-10-12(6-5-7-13(10)18)14(19)17-9-11(16)8-15(2,3)4/h5-7,11,18H,8-9,16H2,1-4H3,(H,17,19). The third-order valence-electron chi connectivity index (χ3n) is 2.95. The van der Waals surface area contributed by atoms with Gasteiger partial charge in [-0.25, -0.2) is 0 Å². The molecular weight excluding hydrogens is 240 g/mol. The van der Waals surface area contributed by atoms with E-state index in [0.717, 1.165) is 6.42 Å². The molecule has 19 heavy (non-hydrogen) atoms. The summed E-state index contributed by atoms with van der Waals surface area (Å²) in [6.07, 6.45) is 0.840. The molecule has 4 nitrogen and oxygen atoms in total. The molecule has 0 spiro atoms. The Morgan fingerprint density at radius 1 is 1.42 bits per heavy atom. The van der Waals surface area contributed by atoms with Crippen LogP contribution in [0.25, 0.3) is 0 Å². The lowest BCUT2D eigenvalue weighted by Crippen LogP contribution is -2.39. The van der Waals surface area contributed by atoms with Crippen molar-refractivity contribution in [3.63, 3.8) is 0 Å². The molecule has 106 valence electrons. The van der Waals surface area contributed by atoms with Gasteiger partial charge in [-0.3, -0.25) is 4.79 Å². The molecule has 1 unspecified atom stereocenters. The number of benzene rings is 1. The highest BCUT2D eigenvalue weighted by molar-refractivity contribution is 5.96. The van der Waals surface area contributed by atoms with E-state index < -0.39 is 0 Å². The third-order valence-corrected chi connectivity index (χ3v) is 2.95. The molecule has 0 aliphatic rings. The fraction of sp³-hybridized carbons (Fsp3) is 0.533. The molecule has 1 aromatic carbocycles. The summed E-state index contributed by atoms with van der Waals surface area (Å²) in [5.41, 5.74) is 7.21. The van der Waals surface area contributed by atoms with Gasteiger partial charge in [0.15, 0.2) is 0 Å². The summed E-state index contributed by atoms with van der Waals surface area (Å²) < 4.78 is 0. The molecule has 4 heteroatoms. The highest BCUT2D eigenvalue weighted by Gasteiger charge is 2.17. The number of carbonyl (C=O) groups is 1. The van der Waals surface area contributed by atoms with Crippen LogP contribution in [0.3, 0.4) is 0 Å². The summed E-state index contributed by atoms with van der Waals surface area (Å²) >= 11 is 0. The molecule has 0 aliphatic heterocycles. The first-order valence-electron chi connectivity index (χ1n) is 6.53. The van der Waals surface area contributed by atoms with Crippen LogP contribution in [0.2, 0.25) is 0 Å². The van der Waals surface area contributed by atoms with Gasteiger partial charge in [-0.05, 0) is 30.9 Å². The summed E-state index contributed by atoms with van der Waals surface area (Å²) in [6.45, 7) is 8.51. The quantitative estimate of drug-likeness (QED) is 0.780. The second-order valence-electron chi connectivity index (χ2n) is 6.18. The molecule has 0 bridgehead atoms. The third kappa shape index (κ3) is 4.91. The highest BCUT2D eigenvalue weighted by Crippen LogP contribution is 2.20. The predicted octanol–water partition coefficient (Wildman–Crippen LogP) is 2.19. The molecule has 1 atom stereocenters. The van der Waals surface area contributed by atoms with Crippen LogP contribution in [0.4, 0.5) is 0 Å². The number of phenolic OH excluding ortho intramolecular Hbond substituents is 1. The van der Waals surface area contributed by atoms with Crippen molar-refractivity contribution in [2.24, 2.45) is 11.1 Å². The fourth-order valence-corrected chi connectivity index (χ4v) is 2.05. The molecular formula is C15H24N2O2. The second kappa shape index (κ2) is 6.06. The van der Waals surface area contributed by atoms with Crippen LogP contribution >= 0.6 is 0 Å². The van der Waals surface area contributed by atoms with Crippen molar-refractivity contribution in [3.05, 3.63) is 29.3 Å². The van der Waals surface area contributed by atoms with Gasteiger partial charge in [-0.1, -0.05) is 26.8 Å². The minimum Gasteiger partial charge on any atom is -0.508 e. The number of amides is 1. The lowest BCUT2D eigenvalue weighted by molar-refractivity contribution is 0.0947. The summed E-state index contributed by atoms with van der Waals surface area (Å²) in [5.74, 6) is -0.0654. The number of phenols is 1. The van der Waals surface area contributed by atoms with Gasteiger partial charge in [0, 0.05) is 23.7 Å². The largest absolute Gasteiger partial charge is 0.508 e. The molecule has 0 radical (unpaired) electrons. The molecule has 4 N–H and O–H groups in total. The van der Waals surface area contributed by atoms with E-state index in [1.165, 1.54) is 0 Å². The van der Waals surface area contributed by atoms with Crippen molar-refractivity contribution < 1.29 is 9.90 Å². The van der Waals surface area contributed by atoms with Crippen LogP contribution in [0, 0.1) is 12.3 Å². The van der Waals surface area contributed by atoms with Crippen LogP contribution in [-0.4, -0.2) is 23.6 Å². The zero-order valence-corrected chi connectivity index (χ0v) is 12.2. The molecule has 0 saturated carbocycles. The van der Waals surface area contributed by atoms with E-state index in [4.69, 9.17) is 5.73 Å². The van der Waals surface area contributed by atoms with Crippen molar-refractivity contribution >= 4 is 5.91 Å². The topological polar surface area (TPSA) is 75.3 Å². The summed E-state index contributed by atoms with van der Waals surface area (Å²) in [6, 6.07) is 4.85. The molecule has 0 aliphatic carbocycles. The summed E-state index contributed by atoms with van der Waals surface area (Å²) in [4.78, 5) is 12.0. The smallest absolute Gasteiger partial charge is 0.251 e. The Kier molecular flexibility index (Phi) is 4.95. The molecule has 1 rings (SSSR count). The lowest BCUT2D eigenvalue weighted by Gasteiger charge is -2.23. The van der Waals surface area contributed by atoms with Crippen LogP contribution < -0.4 is 11.1 Å². The van der Waals surface area contributed by atoms with Crippen molar-refractivity contribution in [2.45, 2.75) is 40.2 Å². The first-order valence-corrected chi connectivity index (χ1v) is 6.53. The first-order chi connectivity index (χ1) is 8.70. The Morgan fingerprint density at radius 2 is 2.05 bits per heavy atom. The second-order valence-corrected chi connectivity index (χ2v) is 6.18. The van der Waals surface area contributed by atoms with Gasteiger partial charge in [0.25, 0.3) is 5.91 Å². The number of hydrogen-bond donors (Lipinski definition) is 3. The first kappa shape index (κ1) is 15.5. The van der Waals surface area contributed by atoms with E-state index in [9.17, 15) is 9.90 Å². The van der Waals surface area contributed by atoms with Crippen molar-refractivity contribution in [1.82, 2.24) is 5.32 Å². The maximum absolute atomic E-state index is 12.0. The number of rotatable bonds is 4. The predicted molar refractivity (Wildman–Crippen MR) is 77.2 cm³/mol. The van der Waals surface area contributed by atoms with Crippen molar-refractivity contribution in [3.8, 4) is 5.75 Å². The molecule has 0 aromatic heterocycles.